The minimum Gasteiger partial charge on any atom is -0.264 e. The fourth-order valence-corrected chi connectivity index (χ4v) is 0.948. The van der Waals surface area contributed by atoms with Crippen molar-refractivity contribution in [1.29, 1.82) is 0 Å². The van der Waals surface area contributed by atoms with Gasteiger partial charge in [-0.3, -0.25) is 10.1 Å². The molecule has 0 atom stereocenters. The maximum Gasteiger partial charge on any atom is 0.416 e. The van der Waals surface area contributed by atoms with Crippen LogP contribution in [0.15, 0.2) is 24.3 Å². The Hall–Kier alpha value is -1.59. The Kier molecular flexibility index (Phi) is 2.73. The van der Waals surface area contributed by atoms with Gasteiger partial charge >= 0.3 is 6.18 Å². The third kappa shape index (κ3) is 2.72. The highest BCUT2D eigenvalue weighted by Crippen LogP contribution is 2.29. The third-order valence-electron chi connectivity index (χ3n) is 1.59. The smallest absolute Gasteiger partial charge is 0.264 e. The topological polar surface area (TPSA) is 43.1 Å². The standard InChI is InChI=1S/C8H6F3NO2/c9-8(10,11)7-3-1-6(2-4-7)5-12(13)14/h1-4H,5H2. The van der Waals surface area contributed by atoms with Crippen LogP contribution in [0.2, 0.25) is 0 Å². The summed E-state index contributed by atoms with van der Waals surface area (Å²) in [6, 6.07) is 3.87. The van der Waals surface area contributed by atoms with Crippen molar-refractivity contribution in [3.05, 3.63) is 45.5 Å². The maximum atomic E-state index is 12.0. The molecule has 0 radical (unpaired) electrons. The van der Waals surface area contributed by atoms with E-state index in [0.29, 0.717) is 0 Å². The Morgan fingerprint density at radius 3 is 2.07 bits per heavy atom. The lowest BCUT2D eigenvalue weighted by atomic mass is 10.1. The van der Waals surface area contributed by atoms with Crippen molar-refractivity contribution in [1.82, 2.24) is 0 Å². The molecule has 1 aromatic carbocycles. The van der Waals surface area contributed by atoms with Crippen LogP contribution in [0.4, 0.5) is 13.2 Å². The van der Waals surface area contributed by atoms with Crippen molar-refractivity contribution < 1.29 is 18.1 Å². The molecule has 0 unspecified atom stereocenters. The molecule has 0 aliphatic rings. The van der Waals surface area contributed by atoms with E-state index < -0.39 is 23.2 Å². The van der Waals surface area contributed by atoms with Gasteiger partial charge in [0.15, 0.2) is 0 Å². The van der Waals surface area contributed by atoms with Crippen LogP contribution < -0.4 is 0 Å². The molecule has 14 heavy (non-hydrogen) atoms. The summed E-state index contributed by atoms with van der Waals surface area (Å²) in [6.07, 6.45) is -4.40. The zero-order valence-electron chi connectivity index (χ0n) is 6.91. The molecule has 0 aromatic heterocycles. The van der Waals surface area contributed by atoms with Gasteiger partial charge in [-0.05, 0) is 12.1 Å². The van der Waals surface area contributed by atoms with Gasteiger partial charge in [-0.25, -0.2) is 0 Å². The van der Waals surface area contributed by atoms with Crippen LogP contribution in [-0.2, 0) is 12.7 Å². The van der Waals surface area contributed by atoms with Crippen LogP contribution in [0.3, 0.4) is 0 Å². The molecule has 0 aliphatic carbocycles. The highest BCUT2D eigenvalue weighted by molar-refractivity contribution is 5.23. The average molecular weight is 205 g/mol. The van der Waals surface area contributed by atoms with Gasteiger partial charge in [0.05, 0.1) is 5.56 Å². The van der Waals surface area contributed by atoms with Crippen molar-refractivity contribution >= 4 is 0 Å². The number of benzene rings is 1. The predicted molar refractivity (Wildman–Crippen MR) is 42.1 cm³/mol. The third-order valence-corrected chi connectivity index (χ3v) is 1.59. The van der Waals surface area contributed by atoms with Crippen molar-refractivity contribution in [2.24, 2.45) is 0 Å². The molecule has 0 N–H and O–H groups in total. The Morgan fingerprint density at radius 1 is 1.21 bits per heavy atom. The maximum absolute atomic E-state index is 12.0. The Morgan fingerprint density at radius 2 is 1.71 bits per heavy atom. The van der Waals surface area contributed by atoms with E-state index in [1.54, 1.807) is 0 Å². The summed E-state index contributed by atoms with van der Waals surface area (Å²) in [5, 5.41) is 10.0. The lowest BCUT2D eigenvalue weighted by Crippen LogP contribution is -2.05. The molecular formula is C8H6F3NO2. The minimum atomic E-state index is -4.40. The molecule has 0 bridgehead atoms. The molecule has 3 nitrogen and oxygen atoms in total. The summed E-state index contributed by atoms with van der Waals surface area (Å²) >= 11 is 0. The van der Waals surface area contributed by atoms with Crippen LogP contribution in [0, 0.1) is 10.1 Å². The van der Waals surface area contributed by atoms with Gasteiger partial charge < -0.3 is 0 Å². The average Bonchev–Trinajstić information content (AvgIpc) is 2.02. The van der Waals surface area contributed by atoms with Crippen LogP contribution in [0.25, 0.3) is 0 Å². The molecule has 0 spiro atoms. The molecule has 0 heterocycles. The Bertz CT molecular complexity index is 331. The van der Waals surface area contributed by atoms with E-state index in [1.807, 2.05) is 0 Å². The minimum absolute atomic E-state index is 0.253. The molecule has 0 aliphatic heterocycles. The summed E-state index contributed by atoms with van der Waals surface area (Å²) in [4.78, 5) is 9.44. The number of halogens is 3. The zero-order chi connectivity index (χ0) is 10.8. The number of nitro groups is 1. The van der Waals surface area contributed by atoms with E-state index in [0.717, 1.165) is 24.3 Å². The summed E-state index contributed by atoms with van der Waals surface area (Å²) in [6.45, 7) is -0.460. The first kappa shape index (κ1) is 10.5. The highest BCUT2D eigenvalue weighted by Gasteiger charge is 2.29. The molecule has 1 aromatic rings. The lowest BCUT2D eigenvalue weighted by molar-refractivity contribution is -0.496. The second kappa shape index (κ2) is 3.65. The van der Waals surface area contributed by atoms with E-state index in [4.69, 9.17) is 0 Å². The summed E-state index contributed by atoms with van der Waals surface area (Å²) < 4.78 is 36.1. The predicted octanol–water partition coefficient (Wildman–Crippen LogP) is 2.48. The van der Waals surface area contributed by atoms with Crippen LogP contribution >= 0.6 is 0 Å². The highest BCUT2D eigenvalue weighted by atomic mass is 19.4. The first-order chi connectivity index (χ1) is 6.39. The Labute approximate surface area is 77.3 Å². The first-order valence-corrected chi connectivity index (χ1v) is 3.67. The lowest BCUT2D eigenvalue weighted by Gasteiger charge is -2.05. The molecule has 6 heteroatoms. The van der Waals surface area contributed by atoms with Gasteiger partial charge in [-0.15, -0.1) is 0 Å². The number of alkyl halides is 3. The number of hydrogen-bond donors (Lipinski definition) is 0. The van der Waals surface area contributed by atoms with E-state index in [2.05, 4.69) is 0 Å². The number of nitrogens with zero attached hydrogens (tertiary/aromatic N) is 1. The summed E-state index contributed by atoms with van der Waals surface area (Å²) in [5.74, 6) is 0. The fourth-order valence-electron chi connectivity index (χ4n) is 0.948. The van der Waals surface area contributed by atoms with Crippen LogP contribution in [0.1, 0.15) is 11.1 Å². The van der Waals surface area contributed by atoms with Gasteiger partial charge in [0.25, 0.3) is 0 Å². The van der Waals surface area contributed by atoms with Crippen LogP contribution in [0.5, 0.6) is 0 Å². The molecule has 0 saturated carbocycles. The van der Waals surface area contributed by atoms with Gasteiger partial charge in [-0.1, -0.05) is 12.1 Å². The normalized spacial score (nSPS) is 11.4. The number of rotatable bonds is 2. The largest absolute Gasteiger partial charge is 0.416 e. The second-order valence-electron chi connectivity index (χ2n) is 2.69. The molecule has 1 rings (SSSR count). The van der Waals surface area contributed by atoms with Gasteiger partial charge in [0.1, 0.15) is 0 Å². The van der Waals surface area contributed by atoms with Gasteiger partial charge in [0, 0.05) is 10.5 Å². The first-order valence-electron chi connectivity index (χ1n) is 3.67. The summed E-state index contributed by atoms with van der Waals surface area (Å²) in [5.41, 5.74) is -0.549. The summed E-state index contributed by atoms with van der Waals surface area (Å²) in [7, 11) is 0. The van der Waals surface area contributed by atoms with Crippen LogP contribution in [-0.4, -0.2) is 4.92 Å². The van der Waals surface area contributed by atoms with Crippen molar-refractivity contribution in [2.75, 3.05) is 0 Å². The van der Waals surface area contributed by atoms with E-state index in [1.165, 1.54) is 0 Å². The quantitative estimate of drug-likeness (QED) is 0.549. The molecule has 0 saturated heterocycles. The van der Waals surface area contributed by atoms with Gasteiger partial charge in [-0.2, -0.15) is 13.2 Å². The second-order valence-corrected chi connectivity index (χ2v) is 2.69. The van der Waals surface area contributed by atoms with Crippen molar-refractivity contribution in [3.8, 4) is 0 Å². The molecule has 0 fully saturated rings. The SMILES string of the molecule is O=[N+]([O-])Cc1ccc(C(F)(F)F)cc1. The Balaban J connectivity index is 2.84. The molecule has 0 amide bonds. The van der Waals surface area contributed by atoms with E-state index >= 15 is 0 Å². The van der Waals surface area contributed by atoms with Gasteiger partial charge in [0.2, 0.25) is 6.54 Å². The fraction of sp³-hybridized carbons (Fsp3) is 0.250. The van der Waals surface area contributed by atoms with E-state index in [9.17, 15) is 23.3 Å². The van der Waals surface area contributed by atoms with E-state index in [-0.39, 0.29) is 5.56 Å². The van der Waals surface area contributed by atoms with Crippen molar-refractivity contribution in [2.45, 2.75) is 12.7 Å². The zero-order valence-corrected chi connectivity index (χ0v) is 6.91. The van der Waals surface area contributed by atoms with Crippen molar-refractivity contribution in [3.63, 3.8) is 0 Å². The number of hydrogen-bond acceptors (Lipinski definition) is 2. The monoisotopic (exact) mass is 205 g/mol. The molecular weight excluding hydrogens is 199 g/mol. The molecule has 76 valence electrons.